The van der Waals surface area contributed by atoms with Gasteiger partial charge in [-0.1, -0.05) is 12.1 Å². The Morgan fingerprint density at radius 1 is 1.13 bits per heavy atom. The van der Waals surface area contributed by atoms with Crippen molar-refractivity contribution >= 4 is 17.7 Å². The molecule has 3 heteroatoms. The summed E-state index contributed by atoms with van der Waals surface area (Å²) in [6.45, 7) is 2.21. The summed E-state index contributed by atoms with van der Waals surface area (Å²) in [7, 11) is 0. The van der Waals surface area contributed by atoms with E-state index in [-0.39, 0.29) is 0 Å². The molecule has 0 aliphatic heterocycles. The Bertz CT molecular complexity index is 326. The maximum absolute atomic E-state index is 8.45. The van der Waals surface area contributed by atoms with Gasteiger partial charge in [0, 0.05) is 0 Å². The molecule has 72 valence electrons. The van der Waals surface area contributed by atoms with Crippen molar-refractivity contribution in [3.8, 4) is 12.1 Å². The van der Waals surface area contributed by atoms with E-state index in [1.165, 1.54) is 17.9 Å². The standard InChI is InChI=1S/C8H4N2.C4H9.Li/c9-5-7-3-1-2-4-8(7)6-10;1-3-4-2;/h1-4H;1,3-4H2,2H3;. The van der Waals surface area contributed by atoms with Crippen LogP contribution >= 0.6 is 0 Å². The molecule has 1 aromatic carbocycles. The van der Waals surface area contributed by atoms with Gasteiger partial charge in [-0.3, -0.25) is 0 Å². The first-order valence-corrected chi connectivity index (χ1v) is 5.19. The zero-order valence-corrected chi connectivity index (χ0v) is 9.33. The molecule has 1 rings (SSSR count). The average molecular weight is 192 g/mol. The summed E-state index contributed by atoms with van der Waals surface area (Å²) in [4.78, 5) is 0. The molecule has 0 saturated heterocycles. The van der Waals surface area contributed by atoms with Crippen LogP contribution in [0.4, 0.5) is 0 Å². The van der Waals surface area contributed by atoms with E-state index < -0.39 is 0 Å². The maximum atomic E-state index is 8.45. The van der Waals surface area contributed by atoms with E-state index >= 15 is 0 Å². The van der Waals surface area contributed by atoms with Crippen molar-refractivity contribution < 1.29 is 0 Å². The van der Waals surface area contributed by atoms with E-state index in [1.807, 2.05) is 12.1 Å². The van der Waals surface area contributed by atoms with Gasteiger partial charge in [0.2, 0.25) is 0 Å². The SMILES string of the molecule is N#Cc1ccccc1C#N.[Li][CH2]CCC. The van der Waals surface area contributed by atoms with Crippen LogP contribution in [-0.2, 0) is 0 Å². The van der Waals surface area contributed by atoms with E-state index in [1.54, 1.807) is 24.3 Å². The summed E-state index contributed by atoms with van der Waals surface area (Å²) < 4.78 is 0. The van der Waals surface area contributed by atoms with E-state index in [9.17, 15) is 0 Å². The van der Waals surface area contributed by atoms with Crippen LogP contribution in [0.5, 0.6) is 0 Å². The number of hydrogen-bond donors (Lipinski definition) is 0. The fraction of sp³-hybridized carbons (Fsp3) is 0.333. The van der Waals surface area contributed by atoms with Crippen LogP contribution < -0.4 is 0 Å². The van der Waals surface area contributed by atoms with Gasteiger partial charge in [-0.05, 0) is 12.1 Å². The fourth-order valence-corrected chi connectivity index (χ4v) is 1.03. The summed E-state index contributed by atoms with van der Waals surface area (Å²) in [5.41, 5.74) is 0.870. The number of nitriles is 2. The number of benzene rings is 1. The summed E-state index contributed by atoms with van der Waals surface area (Å²) in [6, 6.07) is 10.6. The van der Waals surface area contributed by atoms with Gasteiger partial charge in [-0.15, -0.1) is 0 Å². The molecule has 1 aromatic rings. The van der Waals surface area contributed by atoms with Crippen LogP contribution in [0.3, 0.4) is 0 Å². The van der Waals surface area contributed by atoms with Crippen molar-refractivity contribution in [3.63, 3.8) is 0 Å². The Kier molecular flexibility index (Phi) is 8.61. The molecular weight excluding hydrogens is 179 g/mol. The molecular formula is C12H13LiN2. The summed E-state index contributed by atoms with van der Waals surface area (Å²) in [6.07, 6.45) is 2.73. The molecule has 0 aliphatic rings. The Morgan fingerprint density at radius 3 is 1.80 bits per heavy atom. The van der Waals surface area contributed by atoms with Gasteiger partial charge in [-0.2, -0.15) is 10.5 Å². The van der Waals surface area contributed by atoms with Crippen LogP contribution in [0.1, 0.15) is 30.9 Å². The second-order valence-electron chi connectivity index (χ2n) is 3.12. The van der Waals surface area contributed by atoms with Gasteiger partial charge in [0.1, 0.15) is 12.1 Å². The van der Waals surface area contributed by atoms with E-state index in [2.05, 4.69) is 24.6 Å². The molecule has 0 bridgehead atoms. The normalized spacial score (nSPS) is 8.07. The van der Waals surface area contributed by atoms with Gasteiger partial charge in [0.15, 0.2) is 0 Å². The molecule has 0 radical (unpaired) electrons. The first kappa shape index (κ1) is 13.8. The molecule has 15 heavy (non-hydrogen) atoms. The number of unbranched alkanes of at least 4 members (excludes halogenated alkanes) is 1. The monoisotopic (exact) mass is 192 g/mol. The third-order valence-electron chi connectivity index (χ3n) is 1.88. The zero-order valence-electron chi connectivity index (χ0n) is 9.33. The van der Waals surface area contributed by atoms with Crippen LogP contribution in [0.2, 0.25) is 5.09 Å². The second kappa shape index (κ2) is 9.36. The average Bonchev–Trinajstić information content (AvgIpc) is 2.31. The molecule has 0 N–H and O–H groups in total. The van der Waals surface area contributed by atoms with E-state index in [0.29, 0.717) is 11.1 Å². The van der Waals surface area contributed by atoms with E-state index in [4.69, 9.17) is 10.5 Å². The predicted octanol–water partition coefficient (Wildman–Crippen LogP) is 2.80. The third-order valence-corrected chi connectivity index (χ3v) is 1.88. The van der Waals surface area contributed by atoms with Gasteiger partial charge >= 0.3 is 42.6 Å². The molecule has 0 fully saturated rings. The minimum atomic E-state index is 0.435. The molecule has 0 saturated carbocycles. The summed E-state index contributed by atoms with van der Waals surface area (Å²) >= 11 is 2.21. The van der Waals surface area contributed by atoms with Crippen molar-refractivity contribution in [2.24, 2.45) is 0 Å². The number of hydrogen-bond acceptors (Lipinski definition) is 2. The Labute approximate surface area is 101 Å². The van der Waals surface area contributed by atoms with Gasteiger partial charge in [-0.25, -0.2) is 0 Å². The van der Waals surface area contributed by atoms with Crippen LogP contribution in [-0.4, -0.2) is 17.7 Å². The fourth-order valence-electron chi connectivity index (χ4n) is 1.03. The first-order chi connectivity index (χ1) is 7.29. The molecule has 0 atom stereocenters. The third kappa shape index (κ3) is 5.98. The van der Waals surface area contributed by atoms with Crippen molar-refractivity contribution in [3.05, 3.63) is 35.4 Å². The molecule has 2 nitrogen and oxygen atoms in total. The number of nitrogens with zero attached hydrogens (tertiary/aromatic N) is 2. The van der Waals surface area contributed by atoms with Crippen molar-refractivity contribution in [1.29, 1.82) is 10.5 Å². The Balaban J connectivity index is 0.000000336. The van der Waals surface area contributed by atoms with E-state index in [0.717, 1.165) is 0 Å². The van der Waals surface area contributed by atoms with Crippen molar-refractivity contribution in [1.82, 2.24) is 0 Å². The molecule has 0 spiro atoms. The van der Waals surface area contributed by atoms with Crippen molar-refractivity contribution in [2.45, 2.75) is 24.9 Å². The Morgan fingerprint density at radius 2 is 1.60 bits per heavy atom. The molecule has 0 heterocycles. The predicted molar refractivity (Wildman–Crippen MR) is 61.3 cm³/mol. The summed E-state index contributed by atoms with van der Waals surface area (Å²) in [5.74, 6) is 0. The number of rotatable bonds is 2. The van der Waals surface area contributed by atoms with Gasteiger partial charge < -0.3 is 0 Å². The zero-order chi connectivity index (χ0) is 11.5. The second-order valence-corrected chi connectivity index (χ2v) is 3.12. The van der Waals surface area contributed by atoms with Gasteiger partial charge in [0.25, 0.3) is 0 Å². The Hall–Kier alpha value is -1.20. The molecule has 0 aliphatic carbocycles. The van der Waals surface area contributed by atoms with Gasteiger partial charge in [0.05, 0.1) is 11.1 Å². The summed E-state index contributed by atoms with van der Waals surface area (Å²) in [5, 5.41) is 18.2. The minimum absolute atomic E-state index is 0.435. The van der Waals surface area contributed by atoms with Crippen LogP contribution in [0, 0.1) is 22.7 Å². The molecule has 0 amide bonds. The first-order valence-electron chi connectivity index (χ1n) is 5.19. The van der Waals surface area contributed by atoms with Crippen LogP contribution in [0.25, 0.3) is 0 Å². The quantitative estimate of drug-likeness (QED) is 0.676. The van der Waals surface area contributed by atoms with Crippen LogP contribution in [0.15, 0.2) is 24.3 Å². The topological polar surface area (TPSA) is 47.6 Å². The molecule has 0 unspecified atom stereocenters. The van der Waals surface area contributed by atoms with Crippen molar-refractivity contribution in [2.75, 3.05) is 0 Å². The molecule has 0 aromatic heterocycles.